The summed E-state index contributed by atoms with van der Waals surface area (Å²) in [7, 11) is -3.65. The molecule has 2 heterocycles. The van der Waals surface area contributed by atoms with Gasteiger partial charge in [0.05, 0.1) is 5.25 Å². The van der Waals surface area contributed by atoms with E-state index in [0.717, 1.165) is 0 Å². The van der Waals surface area contributed by atoms with Gasteiger partial charge >= 0.3 is 5.97 Å². The summed E-state index contributed by atoms with van der Waals surface area (Å²) in [6.45, 7) is 0.777. The minimum atomic E-state index is -3.65. The van der Waals surface area contributed by atoms with E-state index in [4.69, 9.17) is 9.84 Å². The van der Waals surface area contributed by atoms with Crippen LogP contribution in [0, 0.1) is 0 Å². The zero-order valence-electron chi connectivity index (χ0n) is 10.1. The fourth-order valence-corrected chi connectivity index (χ4v) is 3.28. The molecular formula is C11H14N2O5S. The van der Waals surface area contributed by atoms with Crippen LogP contribution in [0.2, 0.25) is 0 Å². The van der Waals surface area contributed by atoms with Crippen molar-refractivity contribution in [1.82, 2.24) is 4.98 Å². The average molecular weight is 286 g/mol. The van der Waals surface area contributed by atoms with Gasteiger partial charge in [-0.05, 0) is 25.0 Å². The molecule has 0 aliphatic carbocycles. The molecule has 2 N–H and O–H groups in total. The first-order valence-electron chi connectivity index (χ1n) is 5.78. The number of carbonyl (C=O) groups is 1. The largest absolute Gasteiger partial charge is 0.478 e. The van der Waals surface area contributed by atoms with Crippen LogP contribution in [0.4, 0.5) is 5.82 Å². The molecule has 1 aromatic heterocycles. The normalized spacial score (nSPS) is 17.1. The third-order valence-electron chi connectivity index (χ3n) is 2.88. The van der Waals surface area contributed by atoms with Crippen molar-refractivity contribution < 1.29 is 23.1 Å². The summed E-state index contributed by atoms with van der Waals surface area (Å²) in [5.74, 6) is -1.38. The lowest BCUT2D eigenvalue weighted by molar-refractivity contribution is 0.0697. The Morgan fingerprint density at radius 3 is 2.74 bits per heavy atom. The van der Waals surface area contributed by atoms with Crippen LogP contribution in [0.25, 0.3) is 0 Å². The number of rotatable bonds is 4. The predicted molar refractivity (Wildman–Crippen MR) is 67.6 cm³/mol. The first-order chi connectivity index (χ1) is 9.00. The molecule has 1 aliphatic rings. The molecule has 1 aromatic rings. The number of pyridine rings is 1. The van der Waals surface area contributed by atoms with E-state index in [-0.39, 0.29) is 11.4 Å². The molecule has 1 saturated heterocycles. The smallest absolute Gasteiger partial charge is 0.339 e. The molecule has 0 atom stereocenters. The minimum absolute atomic E-state index is 0.151. The van der Waals surface area contributed by atoms with Crippen molar-refractivity contribution in [1.29, 1.82) is 0 Å². The third-order valence-corrected chi connectivity index (χ3v) is 4.71. The number of ether oxygens (including phenoxy) is 1. The molecule has 0 unspecified atom stereocenters. The SMILES string of the molecule is O=C(O)c1cccnc1NS(=O)(=O)C1CCOCC1. The summed E-state index contributed by atoms with van der Waals surface area (Å²) < 4.78 is 31.6. The standard InChI is InChI=1S/C11H14N2O5S/c14-11(15)9-2-1-5-12-10(9)13-19(16,17)8-3-6-18-7-4-8/h1-2,5,8H,3-4,6-7H2,(H,12,13)(H,14,15). The highest BCUT2D eigenvalue weighted by Gasteiger charge is 2.29. The summed E-state index contributed by atoms with van der Waals surface area (Å²) >= 11 is 0. The summed E-state index contributed by atoms with van der Waals surface area (Å²) in [6, 6.07) is 2.74. The summed E-state index contributed by atoms with van der Waals surface area (Å²) in [5.41, 5.74) is -0.168. The molecular weight excluding hydrogens is 272 g/mol. The van der Waals surface area contributed by atoms with Crippen LogP contribution < -0.4 is 4.72 Å². The molecule has 0 radical (unpaired) electrons. The van der Waals surface area contributed by atoms with E-state index in [1.165, 1.54) is 18.3 Å². The van der Waals surface area contributed by atoms with E-state index in [1.54, 1.807) is 0 Å². The van der Waals surface area contributed by atoms with Crippen LogP contribution >= 0.6 is 0 Å². The van der Waals surface area contributed by atoms with Gasteiger partial charge in [-0.15, -0.1) is 0 Å². The van der Waals surface area contributed by atoms with Gasteiger partial charge < -0.3 is 9.84 Å². The number of aromatic carboxylic acids is 1. The van der Waals surface area contributed by atoms with Crippen molar-refractivity contribution in [2.75, 3.05) is 17.9 Å². The topological polar surface area (TPSA) is 106 Å². The average Bonchev–Trinajstić information content (AvgIpc) is 2.39. The third kappa shape index (κ3) is 3.21. The second kappa shape index (κ2) is 5.54. The van der Waals surface area contributed by atoms with Gasteiger partial charge in [-0.25, -0.2) is 18.2 Å². The fraction of sp³-hybridized carbons (Fsp3) is 0.455. The first-order valence-corrected chi connectivity index (χ1v) is 7.33. The molecule has 19 heavy (non-hydrogen) atoms. The van der Waals surface area contributed by atoms with Crippen LogP contribution in [0.15, 0.2) is 18.3 Å². The molecule has 2 rings (SSSR count). The summed E-state index contributed by atoms with van der Waals surface area (Å²) in [5, 5.41) is 8.40. The zero-order valence-corrected chi connectivity index (χ0v) is 10.9. The van der Waals surface area contributed by atoms with Crippen LogP contribution in [-0.4, -0.2) is 42.9 Å². The summed E-state index contributed by atoms with van der Waals surface area (Å²) in [6.07, 6.45) is 2.13. The Morgan fingerprint density at radius 2 is 2.11 bits per heavy atom. The van der Waals surface area contributed by atoms with Crippen molar-refractivity contribution >= 4 is 21.8 Å². The van der Waals surface area contributed by atoms with Gasteiger partial charge in [-0.1, -0.05) is 0 Å². The molecule has 0 saturated carbocycles. The quantitative estimate of drug-likeness (QED) is 0.844. The Labute approximate surface area is 110 Å². The molecule has 1 fully saturated rings. The Balaban J connectivity index is 2.22. The van der Waals surface area contributed by atoms with E-state index in [9.17, 15) is 13.2 Å². The Kier molecular flexibility index (Phi) is 4.01. The first kappa shape index (κ1) is 13.8. The molecule has 104 valence electrons. The number of anilines is 1. The molecule has 8 heteroatoms. The highest BCUT2D eigenvalue weighted by Crippen LogP contribution is 2.20. The molecule has 0 aromatic carbocycles. The Morgan fingerprint density at radius 1 is 1.42 bits per heavy atom. The number of aromatic nitrogens is 1. The van der Waals surface area contributed by atoms with Crippen LogP contribution in [0.1, 0.15) is 23.2 Å². The number of carboxylic acids is 1. The van der Waals surface area contributed by atoms with Gasteiger partial charge in [0.2, 0.25) is 10.0 Å². The van der Waals surface area contributed by atoms with Crippen LogP contribution in [0.3, 0.4) is 0 Å². The second-order valence-corrected chi connectivity index (χ2v) is 6.12. The number of hydrogen-bond donors (Lipinski definition) is 2. The number of hydrogen-bond acceptors (Lipinski definition) is 5. The monoisotopic (exact) mass is 286 g/mol. The van der Waals surface area contributed by atoms with Crippen LogP contribution in [0.5, 0.6) is 0 Å². The van der Waals surface area contributed by atoms with Crippen molar-refractivity contribution in [3.63, 3.8) is 0 Å². The lowest BCUT2D eigenvalue weighted by Gasteiger charge is -2.22. The van der Waals surface area contributed by atoms with Crippen molar-refractivity contribution in [2.24, 2.45) is 0 Å². The van der Waals surface area contributed by atoms with Gasteiger partial charge in [0, 0.05) is 19.4 Å². The number of nitrogens with zero attached hydrogens (tertiary/aromatic N) is 1. The van der Waals surface area contributed by atoms with Gasteiger partial charge in [-0.3, -0.25) is 4.72 Å². The van der Waals surface area contributed by atoms with Crippen molar-refractivity contribution in [3.8, 4) is 0 Å². The van der Waals surface area contributed by atoms with Crippen molar-refractivity contribution in [3.05, 3.63) is 23.9 Å². The molecule has 1 aliphatic heterocycles. The molecule has 0 bridgehead atoms. The minimum Gasteiger partial charge on any atom is -0.478 e. The Bertz CT molecular complexity index is 566. The zero-order chi connectivity index (χ0) is 13.9. The molecule has 0 amide bonds. The number of sulfonamides is 1. The maximum atomic E-state index is 12.1. The van der Waals surface area contributed by atoms with E-state index in [0.29, 0.717) is 26.1 Å². The number of nitrogens with one attached hydrogen (secondary N) is 1. The fourth-order valence-electron chi connectivity index (χ4n) is 1.86. The van der Waals surface area contributed by atoms with E-state index in [1.807, 2.05) is 0 Å². The highest BCUT2D eigenvalue weighted by molar-refractivity contribution is 7.93. The van der Waals surface area contributed by atoms with Gasteiger partial charge in [0.1, 0.15) is 5.56 Å². The maximum absolute atomic E-state index is 12.1. The van der Waals surface area contributed by atoms with E-state index in [2.05, 4.69) is 9.71 Å². The van der Waals surface area contributed by atoms with Gasteiger partial charge in [-0.2, -0.15) is 0 Å². The summed E-state index contributed by atoms with van der Waals surface area (Å²) in [4.78, 5) is 14.8. The van der Waals surface area contributed by atoms with Gasteiger partial charge in [0.25, 0.3) is 0 Å². The number of carboxylic acid groups (broad SMARTS) is 1. The van der Waals surface area contributed by atoms with Crippen LogP contribution in [-0.2, 0) is 14.8 Å². The predicted octanol–water partition coefficient (Wildman–Crippen LogP) is 0.700. The maximum Gasteiger partial charge on any atom is 0.339 e. The van der Waals surface area contributed by atoms with E-state index < -0.39 is 21.2 Å². The Hall–Kier alpha value is -1.67. The lowest BCUT2D eigenvalue weighted by atomic mass is 10.2. The second-order valence-electron chi connectivity index (χ2n) is 4.16. The molecule has 7 nitrogen and oxygen atoms in total. The van der Waals surface area contributed by atoms with Gasteiger partial charge in [0.15, 0.2) is 5.82 Å². The lowest BCUT2D eigenvalue weighted by Crippen LogP contribution is -2.33. The highest BCUT2D eigenvalue weighted by atomic mass is 32.2. The molecule has 0 spiro atoms. The van der Waals surface area contributed by atoms with E-state index >= 15 is 0 Å². The van der Waals surface area contributed by atoms with Crippen molar-refractivity contribution in [2.45, 2.75) is 18.1 Å².